The predicted octanol–water partition coefficient (Wildman–Crippen LogP) is 5.52. The molecule has 0 aliphatic heterocycles. The quantitative estimate of drug-likeness (QED) is 0.712. The maximum Gasteiger partial charge on any atom is 0.0131 e. The third kappa shape index (κ3) is 4.26. The Morgan fingerprint density at radius 3 is 2.83 bits per heavy atom. The Morgan fingerprint density at radius 1 is 1.22 bits per heavy atom. The van der Waals surface area contributed by atoms with Crippen LogP contribution in [-0.4, -0.2) is 5.54 Å². The molecule has 3 rings (SSSR count). The van der Waals surface area contributed by atoms with Crippen LogP contribution in [-0.2, 0) is 12.8 Å². The average Bonchev–Trinajstić information content (AvgIpc) is 2.91. The third-order valence-electron chi connectivity index (χ3n) is 5.90. The molecule has 126 valence electrons. The molecule has 2 aliphatic rings. The summed E-state index contributed by atoms with van der Waals surface area (Å²) in [7, 11) is 0. The molecule has 1 heteroatoms. The number of hydrogen-bond donors (Lipinski definition) is 1. The highest BCUT2D eigenvalue weighted by atomic mass is 14.7. The van der Waals surface area contributed by atoms with Crippen molar-refractivity contribution in [3.8, 4) is 0 Å². The molecule has 0 aromatic heterocycles. The summed E-state index contributed by atoms with van der Waals surface area (Å²) in [5.74, 6) is 1.53. The lowest BCUT2D eigenvalue weighted by Crippen LogP contribution is -2.32. The zero-order valence-electron chi connectivity index (χ0n) is 15.0. The first-order valence-electron chi connectivity index (χ1n) is 9.63. The second kappa shape index (κ2) is 7.21. The first-order chi connectivity index (χ1) is 11.1. The van der Waals surface area contributed by atoms with Gasteiger partial charge in [0.1, 0.15) is 0 Å². The summed E-state index contributed by atoms with van der Waals surface area (Å²) in [4.78, 5) is 0. The van der Waals surface area contributed by atoms with E-state index in [9.17, 15) is 0 Å². The van der Waals surface area contributed by atoms with Crippen LogP contribution in [0.25, 0.3) is 0 Å². The van der Waals surface area contributed by atoms with E-state index in [1.165, 1.54) is 51.4 Å². The van der Waals surface area contributed by atoms with Gasteiger partial charge in [0.25, 0.3) is 0 Å². The van der Waals surface area contributed by atoms with Crippen molar-refractivity contribution in [3.63, 3.8) is 0 Å². The molecule has 1 fully saturated rings. The van der Waals surface area contributed by atoms with Gasteiger partial charge < -0.3 is 5.73 Å². The second-order valence-electron chi connectivity index (χ2n) is 8.23. The van der Waals surface area contributed by atoms with Crippen LogP contribution in [0.2, 0.25) is 0 Å². The van der Waals surface area contributed by atoms with Crippen molar-refractivity contribution in [1.82, 2.24) is 0 Å². The summed E-state index contributed by atoms with van der Waals surface area (Å²) in [6, 6.07) is 7.31. The van der Waals surface area contributed by atoms with Gasteiger partial charge in [-0.25, -0.2) is 0 Å². The number of benzene rings is 1. The number of aryl methyl sites for hydroxylation is 1. The van der Waals surface area contributed by atoms with Gasteiger partial charge in [-0.15, -0.1) is 0 Å². The smallest absolute Gasteiger partial charge is 0.0131 e. The molecule has 0 unspecified atom stereocenters. The van der Waals surface area contributed by atoms with Crippen LogP contribution in [0, 0.1) is 5.92 Å². The van der Waals surface area contributed by atoms with Gasteiger partial charge in [0.2, 0.25) is 0 Å². The molecule has 0 bridgehead atoms. The fraction of sp³-hybridized carbons (Fsp3) is 0.636. The monoisotopic (exact) mass is 311 g/mol. The number of hydrogen-bond acceptors (Lipinski definition) is 1. The molecule has 1 nitrogen and oxygen atoms in total. The van der Waals surface area contributed by atoms with Crippen molar-refractivity contribution in [1.29, 1.82) is 0 Å². The Morgan fingerprint density at radius 2 is 2.09 bits per heavy atom. The van der Waals surface area contributed by atoms with E-state index in [2.05, 4.69) is 44.2 Å². The van der Waals surface area contributed by atoms with Crippen molar-refractivity contribution >= 4 is 0 Å². The van der Waals surface area contributed by atoms with E-state index in [1.807, 2.05) is 0 Å². The summed E-state index contributed by atoms with van der Waals surface area (Å²) in [6.45, 7) is 4.46. The number of rotatable bonds is 5. The van der Waals surface area contributed by atoms with Crippen molar-refractivity contribution in [2.24, 2.45) is 11.7 Å². The van der Waals surface area contributed by atoms with Crippen LogP contribution < -0.4 is 5.73 Å². The average molecular weight is 312 g/mol. The summed E-state index contributed by atoms with van der Waals surface area (Å²) in [5.41, 5.74) is 11.1. The zero-order chi connectivity index (χ0) is 16.3. The van der Waals surface area contributed by atoms with E-state index >= 15 is 0 Å². The van der Waals surface area contributed by atoms with Crippen molar-refractivity contribution in [3.05, 3.63) is 47.0 Å². The van der Waals surface area contributed by atoms with Crippen molar-refractivity contribution in [2.75, 3.05) is 0 Å². The minimum atomic E-state index is 0.0521. The second-order valence-corrected chi connectivity index (χ2v) is 8.23. The zero-order valence-corrected chi connectivity index (χ0v) is 15.0. The molecule has 3 atom stereocenters. The van der Waals surface area contributed by atoms with Crippen LogP contribution in [0.15, 0.2) is 30.4 Å². The van der Waals surface area contributed by atoms with Crippen LogP contribution >= 0.6 is 0 Å². The number of nitrogens with two attached hydrogens (primary N) is 1. The van der Waals surface area contributed by atoms with Crippen LogP contribution in [0.4, 0.5) is 0 Å². The number of allylic oxidation sites excluding steroid dienone is 2. The minimum Gasteiger partial charge on any atom is -0.325 e. The van der Waals surface area contributed by atoms with E-state index < -0.39 is 0 Å². The highest BCUT2D eigenvalue weighted by Gasteiger charge is 2.32. The predicted molar refractivity (Wildman–Crippen MR) is 99.8 cm³/mol. The van der Waals surface area contributed by atoms with E-state index in [0.29, 0.717) is 5.92 Å². The molecule has 1 aromatic carbocycles. The SMILES string of the molecule is CCC/C=C/C[C@H]1CCc2cc([C@H]3CC[C@@](C)(N)C3)ccc2C1. The summed E-state index contributed by atoms with van der Waals surface area (Å²) in [5, 5.41) is 0. The van der Waals surface area contributed by atoms with E-state index in [1.54, 1.807) is 16.7 Å². The fourth-order valence-electron chi connectivity index (χ4n) is 4.43. The van der Waals surface area contributed by atoms with Crippen LogP contribution in [0.3, 0.4) is 0 Å². The van der Waals surface area contributed by atoms with Crippen LogP contribution in [0.1, 0.15) is 81.4 Å². The van der Waals surface area contributed by atoms with E-state index in [4.69, 9.17) is 5.73 Å². The van der Waals surface area contributed by atoms with Crippen molar-refractivity contribution in [2.45, 2.75) is 83.1 Å². The van der Waals surface area contributed by atoms with Gasteiger partial charge in [-0.3, -0.25) is 0 Å². The lowest BCUT2D eigenvalue weighted by atomic mass is 9.80. The van der Waals surface area contributed by atoms with Gasteiger partial charge in [0.05, 0.1) is 0 Å². The highest BCUT2D eigenvalue weighted by molar-refractivity contribution is 5.36. The molecular weight excluding hydrogens is 278 g/mol. The third-order valence-corrected chi connectivity index (χ3v) is 5.90. The number of unbranched alkanes of at least 4 members (excludes halogenated alkanes) is 1. The lowest BCUT2D eigenvalue weighted by Gasteiger charge is -2.25. The Labute approximate surface area is 142 Å². The molecule has 2 N–H and O–H groups in total. The van der Waals surface area contributed by atoms with E-state index in [0.717, 1.165) is 12.3 Å². The molecule has 2 aliphatic carbocycles. The number of fused-ring (bicyclic) bond motifs is 1. The Balaban J connectivity index is 1.62. The molecular formula is C22H33N. The topological polar surface area (TPSA) is 26.0 Å². The standard InChI is InChI=1S/C22H33N/c1-3-4-5-6-7-17-8-9-19-15-20(11-10-18(19)14-17)21-12-13-22(2,23)16-21/h5-6,10-11,15,17,21H,3-4,7-9,12-14,16,23H2,1-2H3/b6-5+/t17-,21-,22+/m0/s1. The summed E-state index contributed by atoms with van der Waals surface area (Å²) >= 11 is 0. The lowest BCUT2D eigenvalue weighted by molar-refractivity contribution is 0.462. The molecule has 0 saturated heterocycles. The molecule has 0 heterocycles. The normalized spacial score (nSPS) is 30.7. The van der Waals surface area contributed by atoms with Gasteiger partial charge in [-0.2, -0.15) is 0 Å². The molecule has 1 saturated carbocycles. The molecule has 23 heavy (non-hydrogen) atoms. The van der Waals surface area contributed by atoms with Gasteiger partial charge in [0, 0.05) is 5.54 Å². The van der Waals surface area contributed by atoms with Gasteiger partial charge in [-0.1, -0.05) is 43.7 Å². The molecule has 0 amide bonds. The first kappa shape index (κ1) is 16.8. The fourth-order valence-corrected chi connectivity index (χ4v) is 4.43. The summed E-state index contributed by atoms with van der Waals surface area (Å²) in [6.07, 6.45) is 16.0. The van der Waals surface area contributed by atoms with Crippen molar-refractivity contribution < 1.29 is 0 Å². The first-order valence-corrected chi connectivity index (χ1v) is 9.63. The maximum absolute atomic E-state index is 6.32. The van der Waals surface area contributed by atoms with Gasteiger partial charge in [-0.05, 0) is 86.8 Å². The highest BCUT2D eigenvalue weighted by Crippen LogP contribution is 2.40. The minimum absolute atomic E-state index is 0.0521. The Kier molecular flexibility index (Phi) is 5.26. The summed E-state index contributed by atoms with van der Waals surface area (Å²) < 4.78 is 0. The molecule has 0 spiro atoms. The van der Waals surface area contributed by atoms with Gasteiger partial charge >= 0.3 is 0 Å². The molecule has 1 aromatic rings. The molecule has 0 radical (unpaired) electrons. The van der Waals surface area contributed by atoms with Crippen LogP contribution in [0.5, 0.6) is 0 Å². The Bertz CT molecular complexity index is 555. The van der Waals surface area contributed by atoms with Gasteiger partial charge in [0.15, 0.2) is 0 Å². The Hall–Kier alpha value is -1.08. The maximum atomic E-state index is 6.32. The largest absolute Gasteiger partial charge is 0.325 e. The van der Waals surface area contributed by atoms with E-state index in [-0.39, 0.29) is 5.54 Å².